The zero-order chi connectivity index (χ0) is 33.0. The van der Waals surface area contributed by atoms with Gasteiger partial charge in [0.2, 0.25) is 11.8 Å². The summed E-state index contributed by atoms with van der Waals surface area (Å²) < 4.78 is 20.4. The van der Waals surface area contributed by atoms with E-state index in [4.69, 9.17) is 24.2 Å². The van der Waals surface area contributed by atoms with Crippen LogP contribution in [-0.2, 0) is 18.4 Å². The van der Waals surface area contributed by atoms with Crippen molar-refractivity contribution in [2.75, 3.05) is 74.6 Å². The van der Waals surface area contributed by atoms with Crippen molar-refractivity contribution in [3.8, 4) is 11.6 Å². The molecule has 3 aliphatic rings. The molecule has 15 heteroatoms. The molecular weight excluding hydrogens is 614 g/mol. The highest BCUT2D eigenvalue weighted by molar-refractivity contribution is 5.87. The normalized spacial score (nSPS) is 20.5. The van der Waals surface area contributed by atoms with Crippen LogP contribution in [0.2, 0.25) is 0 Å². The number of aromatic nitrogens is 6. The zero-order valence-electron chi connectivity index (χ0n) is 27.6. The number of hydrogen-bond donors (Lipinski definition) is 1. The van der Waals surface area contributed by atoms with E-state index in [2.05, 4.69) is 48.7 Å². The zero-order valence-corrected chi connectivity index (χ0v) is 27.6. The van der Waals surface area contributed by atoms with Crippen LogP contribution in [-0.4, -0.2) is 118 Å². The Bertz CT molecular complexity index is 1710. The van der Waals surface area contributed by atoms with E-state index in [0.29, 0.717) is 35.5 Å². The molecule has 3 fully saturated rings. The van der Waals surface area contributed by atoms with Crippen LogP contribution in [0.25, 0.3) is 10.9 Å². The number of pyridine rings is 2. The molecule has 0 spiro atoms. The van der Waals surface area contributed by atoms with E-state index >= 15 is 0 Å². The number of anilines is 3. The molecule has 1 aliphatic carbocycles. The second kappa shape index (κ2) is 14.2. The first kappa shape index (κ1) is 31.8. The summed E-state index contributed by atoms with van der Waals surface area (Å²) in [6.07, 6.45) is 10.8. The minimum Gasteiger partial charge on any atom is -0.741 e. The average Bonchev–Trinajstić information content (AvgIpc) is 3.49. The Morgan fingerprint density at radius 3 is 2.38 bits per heavy atom. The summed E-state index contributed by atoms with van der Waals surface area (Å²) in [5.74, 6) is 2.81. The Morgan fingerprint density at radius 1 is 0.917 bits per heavy atom. The minimum atomic E-state index is 0.00865. The first-order valence-corrected chi connectivity index (χ1v) is 16.6. The van der Waals surface area contributed by atoms with Gasteiger partial charge < -0.3 is 39.4 Å². The second-order valence-electron chi connectivity index (χ2n) is 12.7. The SMILES string of the molecule is C=[N+]([O-])c1ncc(COc2cnc3cc(N4CCOCC4)nc(OC4CCC(Nc5ncc(N6CCN(C)CC6)cn5)CC4)c3c2)n1C. The second-order valence-corrected chi connectivity index (χ2v) is 12.7. The Kier molecular flexibility index (Phi) is 9.38. The molecule has 7 rings (SSSR count). The first-order valence-electron chi connectivity index (χ1n) is 16.6. The van der Waals surface area contributed by atoms with Gasteiger partial charge in [0.05, 0.1) is 55.4 Å². The van der Waals surface area contributed by atoms with Crippen LogP contribution in [0.15, 0.2) is 36.9 Å². The lowest BCUT2D eigenvalue weighted by atomic mass is 9.93. The van der Waals surface area contributed by atoms with Gasteiger partial charge in [0.15, 0.2) is 5.69 Å². The maximum atomic E-state index is 11.6. The van der Waals surface area contributed by atoms with E-state index in [-0.39, 0.29) is 24.7 Å². The van der Waals surface area contributed by atoms with Gasteiger partial charge in [0.1, 0.15) is 30.5 Å². The van der Waals surface area contributed by atoms with E-state index < -0.39 is 0 Å². The summed E-state index contributed by atoms with van der Waals surface area (Å²) in [5, 5.41) is 16.0. The molecule has 0 atom stereocenters. The molecule has 48 heavy (non-hydrogen) atoms. The summed E-state index contributed by atoms with van der Waals surface area (Å²) in [4.78, 5) is 30.0. The molecule has 254 valence electrons. The minimum absolute atomic E-state index is 0.00865. The van der Waals surface area contributed by atoms with Crippen LogP contribution in [0, 0.1) is 5.21 Å². The molecule has 2 saturated heterocycles. The molecule has 6 heterocycles. The van der Waals surface area contributed by atoms with E-state index in [1.807, 2.05) is 24.5 Å². The fraction of sp³-hybridized carbons (Fsp3) is 0.515. The summed E-state index contributed by atoms with van der Waals surface area (Å²) in [5.41, 5.74) is 2.58. The highest BCUT2D eigenvalue weighted by Gasteiger charge is 2.26. The maximum Gasteiger partial charge on any atom is 0.398 e. The van der Waals surface area contributed by atoms with Crippen molar-refractivity contribution in [1.29, 1.82) is 0 Å². The molecule has 1 saturated carbocycles. The van der Waals surface area contributed by atoms with Crippen molar-refractivity contribution in [3.05, 3.63) is 47.8 Å². The van der Waals surface area contributed by atoms with E-state index in [9.17, 15) is 5.21 Å². The van der Waals surface area contributed by atoms with Crippen LogP contribution >= 0.6 is 0 Å². The van der Waals surface area contributed by atoms with Crippen LogP contribution in [0.5, 0.6) is 11.6 Å². The Hall–Kier alpha value is -4.76. The summed E-state index contributed by atoms with van der Waals surface area (Å²) in [6.45, 7) is 10.5. The molecule has 1 N–H and O–H groups in total. The van der Waals surface area contributed by atoms with E-state index in [1.165, 1.54) is 0 Å². The number of fused-ring (bicyclic) bond motifs is 1. The lowest BCUT2D eigenvalue weighted by Gasteiger charge is -2.33. The summed E-state index contributed by atoms with van der Waals surface area (Å²) >= 11 is 0. The van der Waals surface area contributed by atoms with Gasteiger partial charge in [0, 0.05) is 58.1 Å². The molecule has 2 aliphatic heterocycles. The molecular formula is C33H43N11O4. The van der Waals surface area contributed by atoms with Crippen LogP contribution in [0.4, 0.5) is 23.4 Å². The van der Waals surface area contributed by atoms with Gasteiger partial charge in [-0.2, -0.15) is 4.98 Å². The third-order valence-corrected chi connectivity index (χ3v) is 9.40. The number of rotatable bonds is 10. The molecule has 0 aromatic carbocycles. The maximum absolute atomic E-state index is 11.6. The van der Waals surface area contributed by atoms with Gasteiger partial charge in [-0.3, -0.25) is 9.72 Å². The lowest BCUT2D eigenvalue weighted by Crippen LogP contribution is -2.44. The monoisotopic (exact) mass is 657 g/mol. The fourth-order valence-electron chi connectivity index (χ4n) is 6.43. The Morgan fingerprint density at radius 2 is 1.67 bits per heavy atom. The van der Waals surface area contributed by atoms with Gasteiger partial charge in [-0.25, -0.2) is 14.5 Å². The summed E-state index contributed by atoms with van der Waals surface area (Å²) in [7, 11) is 3.91. The number of imidazole rings is 1. The smallest absolute Gasteiger partial charge is 0.398 e. The predicted molar refractivity (Wildman–Crippen MR) is 183 cm³/mol. The predicted octanol–water partition coefficient (Wildman–Crippen LogP) is 2.97. The van der Waals surface area contributed by atoms with Crippen molar-refractivity contribution in [1.82, 2.24) is 34.4 Å². The quantitative estimate of drug-likeness (QED) is 0.116. The van der Waals surface area contributed by atoms with E-state index in [0.717, 1.165) is 93.1 Å². The largest absolute Gasteiger partial charge is 0.741 e. The molecule has 0 unspecified atom stereocenters. The fourth-order valence-corrected chi connectivity index (χ4v) is 6.43. The lowest BCUT2D eigenvalue weighted by molar-refractivity contribution is -0.362. The van der Waals surface area contributed by atoms with Crippen molar-refractivity contribution >= 4 is 41.0 Å². The van der Waals surface area contributed by atoms with Crippen molar-refractivity contribution in [3.63, 3.8) is 0 Å². The van der Waals surface area contributed by atoms with E-state index in [1.54, 1.807) is 24.0 Å². The molecule has 0 bridgehead atoms. The number of nitrogens with one attached hydrogen (secondary N) is 1. The van der Waals surface area contributed by atoms with Crippen molar-refractivity contribution in [2.45, 2.75) is 44.4 Å². The standard InChI is InChI=1S/C33H43N11O4/c1-40-8-10-43(11-9-40)24-18-35-32(36-19-24)38-23-4-6-26(7-5-23)48-31-28-16-27(47-22-25-20-37-33(41(25)2)42(3)45)21-34-29(28)17-30(39-31)44-12-14-46-15-13-44/h16-21,23,26H,3-15,22H2,1-2H3,(H,35,36,38). The highest BCUT2D eigenvalue weighted by atomic mass is 16.5. The van der Waals surface area contributed by atoms with Crippen LogP contribution in [0.1, 0.15) is 31.4 Å². The molecule has 4 aromatic rings. The van der Waals surface area contributed by atoms with Gasteiger partial charge in [-0.05, 0) is 38.8 Å². The third-order valence-electron chi connectivity index (χ3n) is 9.40. The molecule has 0 amide bonds. The molecule has 15 nitrogen and oxygen atoms in total. The molecule has 0 radical (unpaired) electrons. The number of morpholine rings is 1. The van der Waals surface area contributed by atoms with Gasteiger partial charge in [-0.1, -0.05) is 4.98 Å². The number of nitrogens with zero attached hydrogens (tertiary/aromatic N) is 10. The van der Waals surface area contributed by atoms with Crippen molar-refractivity contribution < 1.29 is 18.9 Å². The van der Waals surface area contributed by atoms with Gasteiger partial charge in [-0.15, -0.1) is 0 Å². The highest BCUT2D eigenvalue weighted by Crippen LogP contribution is 2.33. The number of ether oxygens (including phenoxy) is 3. The van der Waals surface area contributed by atoms with Crippen molar-refractivity contribution in [2.24, 2.45) is 7.05 Å². The first-order chi connectivity index (χ1) is 23.4. The molecule has 4 aromatic heterocycles. The van der Waals surface area contributed by atoms with Gasteiger partial charge in [0.25, 0.3) is 0 Å². The average molecular weight is 658 g/mol. The van der Waals surface area contributed by atoms with Gasteiger partial charge >= 0.3 is 5.95 Å². The third kappa shape index (κ3) is 7.21. The number of hydrogen-bond acceptors (Lipinski definition) is 13. The van der Waals surface area contributed by atoms with Crippen LogP contribution < -0.4 is 24.6 Å². The van der Waals surface area contributed by atoms with Crippen LogP contribution in [0.3, 0.4) is 0 Å². The Balaban J connectivity index is 1.02. The topological polar surface area (TPSA) is 145 Å². The number of piperazine rings is 1. The number of likely N-dealkylation sites (N-methyl/N-ethyl adjacent to an activating group) is 1. The summed E-state index contributed by atoms with van der Waals surface area (Å²) in [6, 6.07) is 4.19. The Labute approximate surface area is 279 Å².